The Balaban J connectivity index is 1.70. The molecule has 2 N–H and O–H groups in total. The highest BCUT2D eigenvalue weighted by atomic mass is 16.6. The van der Waals surface area contributed by atoms with Crippen molar-refractivity contribution in [3.05, 3.63) is 0 Å². The van der Waals surface area contributed by atoms with E-state index in [9.17, 15) is 19.2 Å². The van der Waals surface area contributed by atoms with E-state index in [2.05, 4.69) is 17.6 Å². The molecule has 1 unspecified atom stereocenters. The normalized spacial score (nSPS) is 14.6. The summed E-state index contributed by atoms with van der Waals surface area (Å²) in [5, 5.41) is 5.61. The fraction of sp³-hybridized carbons (Fsp3) is 0.879. The van der Waals surface area contributed by atoms with Gasteiger partial charge in [0.25, 0.3) is 0 Å². The monoisotopic (exact) mass is 691 g/mol. The van der Waals surface area contributed by atoms with Crippen LogP contribution >= 0.6 is 0 Å². The van der Waals surface area contributed by atoms with Crippen LogP contribution in [0.15, 0.2) is 0 Å². The molecule has 4 amide bonds. The first-order valence-corrected chi connectivity index (χ1v) is 17.5. The summed E-state index contributed by atoms with van der Waals surface area (Å²) in [5.74, 6) is -0.825. The number of unbranched alkanes of at least 4 members (excludes halogenated alkanes) is 2. The van der Waals surface area contributed by atoms with E-state index in [1.807, 2.05) is 6.92 Å². The highest BCUT2D eigenvalue weighted by Crippen LogP contribution is 2.22. The second kappa shape index (κ2) is 32.0. The summed E-state index contributed by atoms with van der Waals surface area (Å²) < 4.78 is 43.6. The summed E-state index contributed by atoms with van der Waals surface area (Å²) in [6.45, 7) is 12.3. The van der Waals surface area contributed by atoms with Crippen LogP contribution in [-0.2, 0) is 57.1 Å². The van der Waals surface area contributed by atoms with E-state index in [1.165, 1.54) is 4.90 Å². The number of rotatable bonds is 35. The average Bonchev–Trinajstić information content (AvgIpc) is 3.36. The first-order valence-electron chi connectivity index (χ1n) is 17.5. The van der Waals surface area contributed by atoms with E-state index < -0.39 is 0 Å². The number of nitrogens with one attached hydrogen (secondary N) is 2. The van der Waals surface area contributed by atoms with Gasteiger partial charge in [0.15, 0.2) is 0 Å². The van der Waals surface area contributed by atoms with Crippen molar-refractivity contribution >= 4 is 23.6 Å². The summed E-state index contributed by atoms with van der Waals surface area (Å²) in [4.78, 5) is 48.7. The van der Waals surface area contributed by atoms with E-state index in [4.69, 9.17) is 37.9 Å². The topological polar surface area (TPSA) is 169 Å². The second-order valence-corrected chi connectivity index (χ2v) is 11.0. The molecule has 280 valence electrons. The van der Waals surface area contributed by atoms with Gasteiger partial charge in [-0.05, 0) is 12.8 Å². The largest absolute Gasteiger partial charge is 0.379 e. The molecule has 0 aromatic rings. The highest BCUT2D eigenvalue weighted by molar-refractivity contribution is 6.03. The van der Waals surface area contributed by atoms with Crippen LogP contribution in [0.3, 0.4) is 0 Å². The van der Waals surface area contributed by atoms with Gasteiger partial charge >= 0.3 is 0 Å². The van der Waals surface area contributed by atoms with Crippen LogP contribution < -0.4 is 10.6 Å². The van der Waals surface area contributed by atoms with Crippen LogP contribution in [0.1, 0.15) is 58.8 Å². The highest BCUT2D eigenvalue weighted by Gasteiger charge is 2.37. The molecule has 1 atom stereocenters. The van der Waals surface area contributed by atoms with Gasteiger partial charge in [-0.3, -0.25) is 24.1 Å². The molecule has 1 aliphatic rings. The van der Waals surface area contributed by atoms with Gasteiger partial charge in [-0.15, -0.1) is 0 Å². The van der Waals surface area contributed by atoms with E-state index >= 15 is 0 Å². The Labute approximate surface area is 286 Å². The molecule has 1 fully saturated rings. The Morgan fingerprint density at radius 1 is 0.583 bits per heavy atom. The van der Waals surface area contributed by atoms with E-state index in [-0.39, 0.29) is 48.9 Å². The van der Waals surface area contributed by atoms with Gasteiger partial charge in [0, 0.05) is 44.8 Å². The zero-order chi connectivity index (χ0) is 34.9. The molecule has 1 heterocycles. The maximum atomic E-state index is 12.1. The van der Waals surface area contributed by atoms with Crippen LogP contribution in [0.5, 0.6) is 0 Å². The van der Waals surface area contributed by atoms with Gasteiger partial charge < -0.3 is 48.5 Å². The lowest BCUT2D eigenvalue weighted by Gasteiger charge is -2.14. The summed E-state index contributed by atoms with van der Waals surface area (Å²) in [6, 6.07) is 0. The molecule has 15 heteroatoms. The smallest absolute Gasteiger partial charge is 0.232 e. The minimum absolute atomic E-state index is 0.0257. The number of hydrogen-bond donors (Lipinski definition) is 2. The standard InChI is InChI=1S/C33H61N3O12/c1-3-5-6-9-34-31(38)8-12-41-14-16-43-18-20-45-22-24-47-26-27-48-25-23-46-21-19-44-17-15-42-13-10-35-30(37)7-11-36-32(39)28-29(4-2)33(36)40/h29H,3-28H2,1-2H3,(H,34,38)(H,35,37). The maximum absolute atomic E-state index is 12.1. The third kappa shape index (κ3) is 24.8. The minimum Gasteiger partial charge on any atom is -0.379 e. The Bertz CT molecular complexity index is 836. The van der Waals surface area contributed by atoms with Crippen molar-refractivity contribution in [3.63, 3.8) is 0 Å². The van der Waals surface area contributed by atoms with Crippen LogP contribution in [-0.4, -0.2) is 154 Å². The van der Waals surface area contributed by atoms with Crippen LogP contribution in [0.2, 0.25) is 0 Å². The average molecular weight is 692 g/mol. The van der Waals surface area contributed by atoms with Crippen molar-refractivity contribution in [3.8, 4) is 0 Å². The fourth-order valence-corrected chi connectivity index (χ4v) is 4.37. The number of imide groups is 1. The van der Waals surface area contributed by atoms with E-state index in [0.29, 0.717) is 125 Å². The van der Waals surface area contributed by atoms with E-state index in [0.717, 1.165) is 25.8 Å². The molecule has 48 heavy (non-hydrogen) atoms. The summed E-state index contributed by atoms with van der Waals surface area (Å²) in [7, 11) is 0. The van der Waals surface area contributed by atoms with Crippen LogP contribution in [0, 0.1) is 5.92 Å². The number of amides is 4. The van der Waals surface area contributed by atoms with Crippen molar-refractivity contribution in [1.82, 2.24) is 15.5 Å². The number of hydrogen-bond acceptors (Lipinski definition) is 12. The summed E-state index contributed by atoms with van der Waals surface area (Å²) >= 11 is 0. The molecular weight excluding hydrogens is 630 g/mol. The van der Waals surface area contributed by atoms with E-state index in [1.54, 1.807) is 0 Å². The predicted molar refractivity (Wildman–Crippen MR) is 176 cm³/mol. The number of carbonyl (C=O) groups is 4. The molecule has 0 bridgehead atoms. The van der Waals surface area contributed by atoms with Crippen molar-refractivity contribution in [2.24, 2.45) is 5.92 Å². The number of carbonyl (C=O) groups excluding carboxylic acids is 4. The van der Waals surface area contributed by atoms with Crippen LogP contribution in [0.4, 0.5) is 0 Å². The van der Waals surface area contributed by atoms with Crippen molar-refractivity contribution in [2.75, 3.05) is 125 Å². The molecule has 1 saturated heterocycles. The SMILES string of the molecule is CCCCCNC(=O)CCOCCOCCOCCOCCOCCOCCOCCOCCNC(=O)CCN1C(=O)CC(CC)C1=O. The lowest BCUT2D eigenvalue weighted by atomic mass is 10.1. The Morgan fingerprint density at radius 2 is 1.00 bits per heavy atom. The lowest BCUT2D eigenvalue weighted by Crippen LogP contribution is -2.36. The molecule has 15 nitrogen and oxygen atoms in total. The Hall–Kier alpha value is -2.24. The first-order chi connectivity index (χ1) is 23.5. The van der Waals surface area contributed by atoms with Gasteiger partial charge in [0.1, 0.15) is 0 Å². The molecule has 0 aliphatic carbocycles. The quantitative estimate of drug-likeness (QED) is 0.0719. The zero-order valence-electron chi connectivity index (χ0n) is 29.3. The van der Waals surface area contributed by atoms with Crippen molar-refractivity contribution in [1.29, 1.82) is 0 Å². The van der Waals surface area contributed by atoms with Gasteiger partial charge in [-0.1, -0.05) is 26.7 Å². The molecule has 0 aromatic carbocycles. The Morgan fingerprint density at radius 3 is 1.44 bits per heavy atom. The van der Waals surface area contributed by atoms with Crippen molar-refractivity contribution < 1.29 is 57.1 Å². The summed E-state index contributed by atoms with van der Waals surface area (Å²) in [6.07, 6.45) is 4.61. The fourth-order valence-electron chi connectivity index (χ4n) is 4.37. The Kier molecular flexibility index (Phi) is 29.2. The zero-order valence-corrected chi connectivity index (χ0v) is 29.3. The molecule has 0 radical (unpaired) electrons. The number of nitrogens with zero attached hydrogens (tertiary/aromatic N) is 1. The minimum atomic E-state index is -0.249. The second-order valence-electron chi connectivity index (χ2n) is 11.0. The van der Waals surface area contributed by atoms with Gasteiger partial charge in [-0.25, -0.2) is 0 Å². The molecule has 0 saturated carbocycles. The number of ether oxygens (including phenoxy) is 8. The predicted octanol–water partition coefficient (Wildman–Crippen LogP) is 1.11. The molecule has 0 spiro atoms. The third-order valence-electron chi connectivity index (χ3n) is 7.14. The molecule has 1 aliphatic heterocycles. The van der Waals surface area contributed by atoms with Crippen molar-refractivity contribution in [2.45, 2.75) is 58.8 Å². The van der Waals surface area contributed by atoms with Gasteiger partial charge in [-0.2, -0.15) is 0 Å². The van der Waals surface area contributed by atoms with Crippen LogP contribution in [0.25, 0.3) is 0 Å². The molecule has 1 rings (SSSR count). The number of likely N-dealkylation sites (tertiary alicyclic amines) is 1. The molecule has 0 aromatic heterocycles. The lowest BCUT2D eigenvalue weighted by molar-refractivity contribution is -0.139. The third-order valence-corrected chi connectivity index (χ3v) is 7.14. The first kappa shape index (κ1) is 43.8. The van der Waals surface area contributed by atoms with Gasteiger partial charge in [0.05, 0.1) is 106 Å². The molecular formula is C33H61N3O12. The summed E-state index contributed by atoms with van der Waals surface area (Å²) in [5.41, 5.74) is 0. The maximum Gasteiger partial charge on any atom is 0.232 e. The van der Waals surface area contributed by atoms with Gasteiger partial charge in [0.2, 0.25) is 23.6 Å².